The van der Waals surface area contributed by atoms with Crippen LogP contribution in [0.3, 0.4) is 0 Å². The molecule has 0 radical (unpaired) electrons. The molecule has 188 valence electrons. The number of H-pyrrole nitrogens is 1. The third-order valence-electron chi connectivity index (χ3n) is 6.50. The number of nitrogens with one attached hydrogen (secondary N) is 1. The van der Waals surface area contributed by atoms with E-state index in [1.165, 1.54) is 0 Å². The van der Waals surface area contributed by atoms with E-state index in [9.17, 15) is 0 Å². The van der Waals surface area contributed by atoms with E-state index in [4.69, 9.17) is 54.7 Å². The van der Waals surface area contributed by atoms with E-state index in [1.807, 2.05) is 24.3 Å². The zero-order valence-electron chi connectivity index (χ0n) is 19.8. The fourth-order valence-corrected chi connectivity index (χ4v) is 5.06. The monoisotopic (exact) mass is 537 g/mol. The van der Waals surface area contributed by atoms with Gasteiger partial charge >= 0.3 is 0 Å². The highest BCUT2D eigenvalue weighted by Crippen LogP contribution is 2.41. The average molecular weight is 539 g/mol. The summed E-state index contributed by atoms with van der Waals surface area (Å²) >= 11 is 18.7. The number of alkyl halides is 1. The van der Waals surface area contributed by atoms with Crippen molar-refractivity contribution in [1.82, 2.24) is 10.2 Å². The predicted molar refractivity (Wildman–Crippen MR) is 141 cm³/mol. The molecule has 6 nitrogen and oxygen atoms in total. The van der Waals surface area contributed by atoms with Gasteiger partial charge in [-0.05, 0) is 48.2 Å². The van der Waals surface area contributed by atoms with E-state index in [2.05, 4.69) is 36.2 Å². The topological polar surface area (TPSA) is 82.4 Å². The Hall–Kier alpha value is -2.12. The summed E-state index contributed by atoms with van der Waals surface area (Å²) in [6, 6.07) is 11.9. The van der Waals surface area contributed by atoms with Crippen molar-refractivity contribution in [1.29, 1.82) is 0 Å². The van der Waals surface area contributed by atoms with Gasteiger partial charge in [0, 0.05) is 24.1 Å². The first kappa shape index (κ1) is 26.0. The normalized spacial score (nSPS) is 18.4. The van der Waals surface area contributed by atoms with Gasteiger partial charge in [0.15, 0.2) is 5.75 Å². The maximum atomic E-state index is 6.47. The number of hydrogen-bond acceptors (Lipinski definition) is 5. The number of nitrogens with zero attached hydrogens (tertiary/aromatic N) is 1. The molecular formula is C26H30Cl3N3O3. The highest BCUT2D eigenvalue weighted by molar-refractivity contribution is 6.37. The summed E-state index contributed by atoms with van der Waals surface area (Å²) in [5.74, 6) is 1.79. The van der Waals surface area contributed by atoms with Crippen LogP contribution in [-0.2, 0) is 10.2 Å². The number of aromatic nitrogens is 2. The number of ether oxygens (including phenoxy) is 3. The number of nitrogens with two attached hydrogens (primary N) is 1. The Morgan fingerprint density at radius 2 is 1.83 bits per heavy atom. The van der Waals surface area contributed by atoms with Crippen molar-refractivity contribution in [3.63, 3.8) is 0 Å². The van der Waals surface area contributed by atoms with Crippen LogP contribution in [0.5, 0.6) is 11.5 Å². The smallest absolute Gasteiger partial charge is 0.156 e. The van der Waals surface area contributed by atoms with Crippen molar-refractivity contribution in [2.45, 2.75) is 38.2 Å². The molecule has 0 aliphatic carbocycles. The summed E-state index contributed by atoms with van der Waals surface area (Å²) in [4.78, 5) is 0. The lowest BCUT2D eigenvalue weighted by Gasteiger charge is -2.31. The standard InChI is InChI=1S/C26H30Cl3N3O3/c1-26(2,18-12-20(28)25(21(29)13-18)34-11-9-27)17-5-7-19(8-6-17)35-15-16-4-3-10-33-24(16)23-22(30)14-31-32-23/h5-8,12-14,16,24H,3-4,9-11,15,30H2,1-2H3,(H,31,32)/t16-,24?/m1/s1. The van der Waals surface area contributed by atoms with E-state index in [0.29, 0.717) is 47.2 Å². The minimum atomic E-state index is -0.337. The molecule has 1 aliphatic rings. The van der Waals surface area contributed by atoms with E-state index in [0.717, 1.165) is 35.4 Å². The molecule has 0 spiro atoms. The minimum absolute atomic E-state index is 0.168. The third-order valence-corrected chi connectivity index (χ3v) is 7.21. The predicted octanol–water partition coefficient (Wildman–Crippen LogP) is 6.79. The molecule has 2 heterocycles. The lowest BCUT2D eigenvalue weighted by atomic mass is 9.78. The molecule has 2 atom stereocenters. The Labute approximate surface area is 221 Å². The fraction of sp³-hybridized carbons (Fsp3) is 0.423. The van der Waals surface area contributed by atoms with Crippen LogP contribution in [0.4, 0.5) is 5.69 Å². The maximum Gasteiger partial charge on any atom is 0.156 e. The van der Waals surface area contributed by atoms with E-state index < -0.39 is 0 Å². The highest BCUT2D eigenvalue weighted by atomic mass is 35.5. The lowest BCUT2D eigenvalue weighted by molar-refractivity contribution is -0.0441. The Kier molecular flexibility index (Phi) is 8.38. The SMILES string of the molecule is CC(C)(c1ccc(OC[C@H]2CCCOC2c2n[nH]cc2N)cc1)c1cc(Cl)c(OCCCl)c(Cl)c1. The van der Waals surface area contributed by atoms with Crippen LogP contribution < -0.4 is 15.2 Å². The van der Waals surface area contributed by atoms with Crippen molar-refractivity contribution in [3.05, 3.63) is 69.5 Å². The molecule has 4 rings (SSSR count). The number of nitrogen functional groups attached to an aromatic ring is 1. The maximum absolute atomic E-state index is 6.47. The first-order chi connectivity index (χ1) is 16.8. The first-order valence-electron chi connectivity index (χ1n) is 11.6. The zero-order chi connectivity index (χ0) is 25.0. The van der Waals surface area contributed by atoms with Gasteiger partial charge < -0.3 is 19.9 Å². The summed E-state index contributed by atoms with van der Waals surface area (Å²) in [7, 11) is 0. The largest absolute Gasteiger partial charge is 0.493 e. The molecule has 1 aliphatic heterocycles. The van der Waals surface area contributed by atoms with Crippen LogP contribution in [0, 0.1) is 5.92 Å². The van der Waals surface area contributed by atoms with Crippen LogP contribution in [0.15, 0.2) is 42.6 Å². The quantitative estimate of drug-likeness (QED) is 0.293. The molecular weight excluding hydrogens is 509 g/mol. The second kappa shape index (κ2) is 11.3. The summed E-state index contributed by atoms with van der Waals surface area (Å²) in [5, 5.41) is 8.03. The molecule has 2 aromatic carbocycles. The number of rotatable bonds is 9. The number of hydrogen-bond donors (Lipinski definition) is 2. The Balaban J connectivity index is 1.45. The summed E-state index contributed by atoms with van der Waals surface area (Å²) in [6.07, 6.45) is 3.50. The highest BCUT2D eigenvalue weighted by Gasteiger charge is 2.31. The van der Waals surface area contributed by atoms with Crippen molar-refractivity contribution in [2.75, 3.05) is 31.4 Å². The van der Waals surface area contributed by atoms with Gasteiger partial charge in [-0.15, -0.1) is 11.6 Å². The van der Waals surface area contributed by atoms with Crippen LogP contribution in [-0.4, -0.2) is 35.9 Å². The van der Waals surface area contributed by atoms with Gasteiger partial charge in [0.1, 0.15) is 24.2 Å². The van der Waals surface area contributed by atoms with Gasteiger partial charge in [-0.3, -0.25) is 5.10 Å². The molecule has 1 unspecified atom stereocenters. The van der Waals surface area contributed by atoms with Crippen molar-refractivity contribution in [3.8, 4) is 11.5 Å². The van der Waals surface area contributed by atoms with Crippen LogP contribution >= 0.6 is 34.8 Å². The second-order valence-corrected chi connectivity index (χ2v) is 10.4. The summed E-state index contributed by atoms with van der Waals surface area (Å²) in [5.41, 5.74) is 9.18. The Morgan fingerprint density at radius 3 is 2.46 bits per heavy atom. The van der Waals surface area contributed by atoms with Gasteiger partial charge in [0.25, 0.3) is 0 Å². The Morgan fingerprint density at radius 1 is 1.11 bits per heavy atom. The lowest BCUT2D eigenvalue weighted by Crippen LogP contribution is -2.28. The van der Waals surface area contributed by atoms with Gasteiger partial charge in [0.05, 0.1) is 28.2 Å². The van der Waals surface area contributed by atoms with Crippen molar-refractivity contribution >= 4 is 40.5 Å². The van der Waals surface area contributed by atoms with E-state index >= 15 is 0 Å². The Bertz CT molecular complexity index is 1110. The molecule has 0 bridgehead atoms. The first-order valence-corrected chi connectivity index (χ1v) is 12.9. The summed E-state index contributed by atoms with van der Waals surface area (Å²) in [6.45, 7) is 5.82. The molecule has 1 aromatic heterocycles. The summed E-state index contributed by atoms with van der Waals surface area (Å²) < 4.78 is 17.7. The molecule has 9 heteroatoms. The van der Waals surface area contributed by atoms with E-state index in [1.54, 1.807) is 6.20 Å². The van der Waals surface area contributed by atoms with Crippen molar-refractivity contribution in [2.24, 2.45) is 5.92 Å². The second-order valence-electron chi connectivity index (χ2n) is 9.19. The zero-order valence-corrected chi connectivity index (χ0v) is 22.1. The molecule has 0 saturated carbocycles. The molecule has 1 saturated heterocycles. The molecule has 1 fully saturated rings. The molecule has 3 N–H and O–H groups in total. The van der Waals surface area contributed by atoms with Gasteiger partial charge in [-0.25, -0.2) is 0 Å². The molecule has 0 amide bonds. The molecule has 35 heavy (non-hydrogen) atoms. The third kappa shape index (κ3) is 5.83. The number of benzene rings is 2. The number of aromatic amines is 1. The van der Waals surface area contributed by atoms with Crippen molar-refractivity contribution < 1.29 is 14.2 Å². The number of halogens is 3. The molecule has 3 aromatic rings. The van der Waals surface area contributed by atoms with Crippen LogP contribution in [0.2, 0.25) is 10.0 Å². The average Bonchev–Trinajstić information content (AvgIpc) is 3.28. The van der Waals surface area contributed by atoms with E-state index in [-0.39, 0.29) is 17.4 Å². The van der Waals surface area contributed by atoms with Gasteiger partial charge in [-0.2, -0.15) is 5.10 Å². The van der Waals surface area contributed by atoms with Gasteiger partial charge in [-0.1, -0.05) is 49.2 Å². The van der Waals surface area contributed by atoms with Crippen LogP contribution in [0.25, 0.3) is 0 Å². The van der Waals surface area contributed by atoms with Gasteiger partial charge in [0.2, 0.25) is 0 Å². The number of anilines is 1. The van der Waals surface area contributed by atoms with Crippen LogP contribution in [0.1, 0.15) is 49.6 Å². The minimum Gasteiger partial charge on any atom is -0.493 e. The fourth-order valence-electron chi connectivity index (χ4n) is 4.39.